The Labute approximate surface area is 106 Å². The molecule has 1 aliphatic heterocycles. The van der Waals surface area contributed by atoms with Crippen LogP contribution in [0, 0.1) is 5.92 Å². The monoisotopic (exact) mass is 282 g/mol. The van der Waals surface area contributed by atoms with Crippen LogP contribution in [0.3, 0.4) is 0 Å². The van der Waals surface area contributed by atoms with Gasteiger partial charge in [-0.15, -0.1) is 0 Å². The number of anilines is 1. The summed E-state index contributed by atoms with van der Waals surface area (Å²) < 4.78 is 1.15. The van der Waals surface area contributed by atoms with Crippen LogP contribution in [0.25, 0.3) is 0 Å². The summed E-state index contributed by atoms with van der Waals surface area (Å²) in [6.45, 7) is 4.41. The van der Waals surface area contributed by atoms with E-state index in [2.05, 4.69) is 52.0 Å². The summed E-state index contributed by atoms with van der Waals surface area (Å²) in [6, 6.07) is 8.86. The van der Waals surface area contributed by atoms with E-state index >= 15 is 0 Å². The Morgan fingerprint density at radius 2 is 2.38 bits per heavy atom. The predicted octanol–water partition coefficient (Wildman–Crippen LogP) is 3.01. The largest absolute Gasteiger partial charge is 0.371 e. The highest BCUT2D eigenvalue weighted by Gasteiger charge is 2.23. The van der Waals surface area contributed by atoms with Gasteiger partial charge in [-0.1, -0.05) is 22.0 Å². The summed E-state index contributed by atoms with van der Waals surface area (Å²) in [6.07, 6.45) is 2.42. The molecule has 0 spiro atoms. The Bertz CT molecular complexity index is 352. The van der Waals surface area contributed by atoms with Crippen molar-refractivity contribution in [2.75, 3.05) is 18.0 Å². The molecular weight excluding hydrogens is 264 g/mol. The quantitative estimate of drug-likeness (QED) is 0.924. The minimum absolute atomic E-state index is 0.326. The lowest BCUT2D eigenvalue weighted by Gasteiger charge is -2.19. The molecule has 1 heterocycles. The Morgan fingerprint density at radius 1 is 1.56 bits per heavy atom. The number of rotatable bonds is 3. The molecule has 3 heteroatoms. The van der Waals surface area contributed by atoms with Crippen molar-refractivity contribution in [1.82, 2.24) is 0 Å². The van der Waals surface area contributed by atoms with Gasteiger partial charge in [-0.3, -0.25) is 0 Å². The minimum atomic E-state index is 0.326. The normalized spacial score (nSPS) is 22.4. The Kier molecular flexibility index (Phi) is 3.87. The van der Waals surface area contributed by atoms with Crippen LogP contribution >= 0.6 is 15.9 Å². The third-order valence-corrected chi connectivity index (χ3v) is 3.66. The summed E-state index contributed by atoms with van der Waals surface area (Å²) in [5.74, 6) is 0.763. The molecule has 16 heavy (non-hydrogen) atoms. The van der Waals surface area contributed by atoms with Crippen molar-refractivity contribution in [3.8, 4) is 0 Å². The molecule has 1 saturated heterocycles. The van der Waals surface area contributed by atoms with Gasteiger partial charge in [-0.05, 0) is 43.9 Å². The van der Waals surface area contributed by atoms with Gasteiger partial charge in [0.05, 0.1) is 0 Å². The van der Waals surface area contributed by atoms with E-state index in [0.29, 0.717) is 6.04 Å². The van der Waals surface area contributed by atoms with Gasteiger partial charge in [0.2, 0.25) is 0 Å². The maximum Gasteiger partial charge on any atom is 0.0377 e. The van der Waals surface area contributed by atoms with Crippen molar-refractivity contribution in [1.29, 1.82) is 0 Å². The second-order valence-electron chi connectivity index (χ2n) is 4.79. The van der Waals surface area contributed by atoms with Crippen LogP contribution in [0.15, 0.2) is 28.7 Å². The second kappa shape index (κ2) is 5.19. The first-order chi connectivity index (χ1) is 7.65. The topological polar surface area (TPSA) is 29.3 Å². The molecule has 2 unspecified atom stereocenters. The summed E-state index contributed by atoms with van der Waals surface area (Å²) in [5.41, 5.74) is 7.18. The average molecular weight is 283 g/mol. The van der Waals surface area contributed by atoms with E-state index in [0.717, 1.165) is 29.9 Å². The number of nitrogens with zero attached hydrogens (tertiary/aromatic N) is 1. The lowest BCUT2D eigenvalue weighted by molar-refractivity contribution is 0.485. The van der Waals surface area contributed by atoms with Gasteiger partial charge in [0.15, 0.2) is 0 Å². The molecule has 0 bridgehead atoms. The summed E-state index contributed by atoms with van der Waals surface area (Å²) in [5, 5.41) is 0. The van der Waals surface area contributed by atoms with Gasteiger partial charge in [0.1, 0.15) is 0 Å². The molecule has 0 aromatic heterocycles. The zero-order chi connectivity index (χ0) is 11.5. The van der Waals surface area contributed by atoms with E-state index in [9.17, 15) is 0 Å². The number of halogens is 1. The van der Waals surface area contributed by atoms with Crippen LogP contribution in [-0.2, 0) is 0 Å². The molecule has 0 radical (unpaired) electrons. The summed E-state index contributed by atoms with van der Waals surface area (Å²) in [7, 11) is 0. The van der Waals surface area contributed by atoms with Gasteiger partial charge < -0.3 is 10.6 Å². The maximum absolute atomic E-state index is 5.85. The lowest BCUT2D eigenvalue weighted by atomic mass is 10.0. The van der Waals surface area contributed by atoms with Crippen molar-refractivity contribution in [2.24, 2.45) is 11.7 Å². The van der Waals surface area contributed by atoms with E-state index < -0.39 is 0 Å². The standard InChI is InChI=1S/C13H19BrN2/c1-10(15)7-11-5-6-16(9-11)13-4-2-3-12(14)8-13/h2-4,8,10-11H,5-7,9,15H2,1H3. The molecule has 2 rings (SSSR count). The van der Waals surface area contributed by atoms with Crippen LogP contribution in [0.1, 0.15) is 19.8 Å². The van der Waals surface area contributed by atoms with E-state index in [-0.39, 0.29) is 0 Å². The molecule has 2 nitrogen and oxygen atoms in total. The van der Waals surface area contributed by atoms with Crippen LogP contribution in [0.4, 0.5) is 5.69 Å². The molecule has 0 saturated carbocycles. The fourth-order valence-corrected chi connectivity index (χ4v) is 2.85. The Morgan fingerprint density at radius 3 is 3.06 bits per heavy atom. The third-order valence-electron chi connectivity index (χ3n) is 3.16. The first-order valence-corrected chi connectivity index (χ1v) is 6.70. The fraction of sp³-hybridized carbons (Fsp3) is 0.538. The number of nitrogens with two attached hydrogens (primary N) is 1. The molecule has 1 fully saturated rings. The van der Waals surface area contributed by atoms with Crippen molar-refractivity contribution in [3.05, 3.63) is 28.7 Å². The second-order valence-corrected chi connectivity index (χ2v) is 5.71. The predicted molar refractivity (Wildman–Crippen MR) is 72.7 cm³/mol. The number of hydrogen-bond acceptors (Lipinski definition) is 2. The van der Waals surface area contributed by atoms with Gasteiger partial charge >= 0.3 is 0 Å². The first-order valence-electron chi connectivity index (χ1n) is 5.91. The Balaban J connectivity index is 1.98. The smallest absolute Gasteiger partial charge is 0.0377 e. The molecule has 0 amide bonds. The molecule has 0 aliphatic carbocycles. The van der Waals surface area contributed by atoms with Crippen LogP contribution < -0.4 is 10.6 Å². The van der Waals surface area contributed by atoms with Crippen LogP contribution in [0.2, 0.25) is 0 Å². The highest BCUT2D eigenvalue weighted by Crippen LogP contribution is 2.27. The maximum atomic E-state index is 5.85. The number of benzene rings is 1. The summed E-state index contributed by atoms with van der Waals surface area (Å²) in [4.78, 5) is 2.46. The van der Waals surface area contributed by atoms with Gasteiger partial charge in [-0.25, -0.2) is 0 Å². The number of hydrogen-bond donors (Lipinski definition) is 1. The average Bonchev–Trinajstić information content (AvgIpc) is 2.65. The SMILES string of the molecule is CC(N)CC1CCN(c2cccc(Br)c2)C1. The third kappa shape index (κ3) is 2.98. The van der Waals surface area contributed by atoms with Crippen molar-refractivity contribution in [2.45, 2.75) is 25.8 Å². The Hall–Kier alpha value is -0.540. The minimum Gasteiger partial charge on any atom is -0.371 e. The molecule has 88 valence electrons. The molecule has 1 aromatic rings. The highest BCUT2D eigenvalue weighted by molar-refractivity contribution is 9.10. The van der Waals surface area contributed by atoms with E-state index in [1.165, 1.54) is 12.1 Å². The molecule has 2 N–H and O–H groups in total. The van der Waals surface area contributed by atoms with Crippen molar-refractivity contribution >= 4 is 21.6 Å². The van der Waals surface area contributed by atoms with Crippen molar-refractivity contribution < 1.29 is 0 Å². The fourth-order valence-electron chi connectivity index (χ4n) is 2.46. The zero-order valence-corrected chi connectivity index (χ0v) is 11.3. The van der Waals surface area contributed by atoms with Crippen LogP contribution in [-0.4, -0.2) is 19.1 Å². The van der Waals surface area contributed by atoms with E-state index in [1.54, 1.807) is 0 Å². The molecule has 1 aromatic carbocycles. The molecule has 1 aliphatic rings. The van der Waals surface area contributed by atoms with Gasteiger partial charge in [-0.2, -0.15) is 0 Å². The van der Waals surface area contributed by atoms with E-state index in [4.69, 9.17) is 5.73 Å². The lowest BCUT2D eigenvalue weighted by Crippen LogP contribution is -2.23. The first kappa shape index (κ1) is 11.9. The van der Waals surface area contributed by atoms with Crippen molar-refractivity contribution in [3.63, 3.8) is 0 Å². The van der Waals surface area contributed by atoms with Gasteiger partial charge in [0, 0.05) is 29.3 Å². The summed E-state index contributed by atoms with van der Waals surface area (Å²) >= 11 is 3.52. The molecular formula is C13H19BrN2. The van der Waals surface area contributed by atoms with Gasteiger partial charge in [0.25, 0.3) is 0 Å². The highest BCUT2D eigenvalue weighted by atomic mass is 79.9. The molecule has 2 atom stereocenters. The van der Waals surface area contributed by atoms with E-state index in [1.807, 2.05) is 0 Å². The zero-order valence-electron chi connectivity index (χ0n) is 9.70. The van der Waals surface area contributed by atoms with Crippen LogP contribution in [0.5, 0.6) is 0 Å².